The van der Waals surface area contributed by atoms with Crippen LogP contribution in [0, 0.1) is 17.8 Å². The summed E-state index contributed by atoms with van der Waals surface area (Å²) in [6.07, 6.45) is 5.52. The molecule has 0 saturated heterocycles. The molecule has 1 heterocycles. The smallest absolute Gasteiger partial charge is 0.356 e. The van der Waals surface area contributed by atoms with Crippen LogP contribution in [-0.2, 0) is 0 Å². The molecule has 0 aliphatic heterocycles. The molecule has 2 saturated carbocycles. The van der Waals surface area contributed by atoms with Gasteiger partial charge >= 0.3 is 5.97 Å². The Hall–Kier alpha value is -1.65. The van der Waals surface area contributed by atoms with Crippen LogP contribution in [0.4, 0.5) is 5.82 Å². The van der Waals surface area contributed by atoms with Gasteiger partial charge in [0.2, 0.25) is 0 Å². The van der Waals surface area contributed by atoms with Gasteiger partial charge < -0.3 is 10.4 Å². The highest BCUT2D eigenvalue weighted by atomic mass is 16.4. The van der Waals surface area contributed by atoms with Crippen LogP contribution in [0.2, 0.25) is 0 Å². The molecule has 0 aromatic carbocycles. The molecule has 96 valence electrons. The summed E-state index contributed by atoms with van der Waals surface area (Å²) in [6.45, 7) is 0.933. The van der Waals surface area contributed by atoms with Crippen molar-refractivity contribution >= 4 is 11.8 Å². The second kappa shape index (κ2) is 4.55. The predicted octanol–water partition coefficient (Wildman–Crippen LogP) is 2.02. The second-order valence-corrected chi connectivity index (χ2v) is 5.42. The van der Waals surface area contributed by atoms with Crippen LogP contribution in [0.5, 0.6) is 0 Å². The lowest BCUT2D eigenvalue weighted by Gasteiger charge is -2.21. The number of anilines is 1. The highest BCUT2D eigenvalue weighted by Gasteiger charge is 2.39. The van der Waals surface area contributed by atoms with Crippen molar-refractivity contribution in [2.24, 2.45) is 17.8 Å². The molecule has 1 aromatic rings. The number of aromatic nitrogens is 2. The van der Waals surface area contributed by atoms with E-state index < -0.39 is 5.97 Å². The number of fused-ring (bicyclic) bond motifs is 2. The minimum atomic E-state index is -1.04. The SMILES string of the molecule is O=C(O)c1ccc(NCC2CC3CCC2C3)nn1. The maximum atomic E-state index is 10.6. The molecule has 5 heteroatoms. The molecule has 18 heavy (non-hydrogen) atoms. The highest BCUT2D eigenvalue weighted by molar-refractivity contribution is 5.85. The van der Waals surface area contributed by atoms with Crippen LogP contribution in [0.15, 0.2) is 12.1 Å². The van der Waals surface area contributed by atoms with E-state index in [1.165, 1.54) is 31.7 Å². The standard InChI is InChI=1S/C13H17N3O2/c17-13(18)11-3-4-12(16-15-11)14-7-10-6-8-1-2-9(10)5-8/h3-4,8-10H,1-2,5-7H2,(H,14,16)(H,17,18). The summed E-state index contributed by atoms with van der Waals surface area (Å²) in [5, 5.41) is 19.5. The monoisotopic (exact) mass is 247 g/mol. The average molecular weight is 247 g/mol. The average Bonchev–Trinajstić information content (AvgIpc) is 2.99. The van der Waals surface area contributed by atoms with Crippen molar-refractivity contribution in [1.82, 2.24) is 10.2 Å². The summed E-state index contributed by atoms with van der Waals surface area (Å²) in [5.74, 6) is 2.21. The first kappa shape index (κ1) is 11.4. The highest BCUT2D eigenvalue weighted by Crippen LogP contribution is 2.48. The molecular weight excluding hydrogens is 230 g/mol. The van der Waals surface area contributed by atoms with Gasteiger partial charge in [0.05, 0.1) is 0 Å². The summed E-state index contributed by atoms with van der Waals surface area (Å²) < 4.78 is 0. The van der Waals surface area contributed by atoms with Gasteiger partial charge in [-0.3, -0.25) is 0 Å². The zero-order valence-electron chi connectivity index (χ0n) is 10.2. The number of aromatic carboxylic acids is 1. The van der Waals surface area contributed by atoms with Gasteiger partial charge in [0.1, 0.15) is 5.82 Å². The first-order valence-corrected chi connectivity index (χ1v) is 6.53. The lowest BCUT2D eigenvalue weighted by atomic mass is 9.89. The molecule has 1 aromatic heterocycles. The van der Waals surface area contributed by atoms with Gasteiger partial charge in [0.25, 0.3) is 0 Å². The van der Waals surface area contributed by atoms with Gasteiger partial charge in [0.15, 0.2) is 5.69 Å². The molecule has 0 spiro atoms. The largest absolute Gasteiger partial charge is 0.476 e. The van der Waals surface area contributed by atoms with E-state index in [0.717, 1.165) is 24.3 Å². The number of nitrogens with zero attached hydrogens (tertiary/aromatic N) is 2. The Morgan fingerprint density at radius 3 is 2.78 bits per heavy atom. The molecule has 2 aliphatic rings. The van der Waals surface area contributed by atoms with Gasteiger partial charge in [0, 0.05) is 6.54 Å². The summed E-state index contributed by atoms with van der Waals surface area (Å²) in [5.41, 5.74) is -0.0135. The van der Waals surface area contributed by atoms with E-state index in [1.54, 1.807) is 6.07 Å². The summed E-state index contributed by atoms with van der Waals surface area (Å²) in [6, 6.07) is 3.17. The van der Waals surface area contributed by atoms with E-state index in [1.807, 2.05) is 0 Å². The number of hydrogen-bond donors (Lipinski definition) is 2. The summed E-state index contributed by atoms with van der Waals surface area (Å²) >= 11 is 0. The van der Waals surface area contributed by atoms with Gasteiger partial charge in [-0.25, -0.2) is 4.79 Å². The molecule has 2 aliphatic carbocycles. The topological polar surface area (TPSA) is 75.1 Å². The van der Waals surface area contributed by atoms with E-state index in [2.05, 4.69) is 15.5 Å². The van der Waals surface area contributed by atoms with Gasteiger partial charge in [-0.15, -0.1) is 10.2 Å². The Balaban J connectivity index is 1.55. The second-order valence-electron chi connectivity index (χ2n) is 5.42. The number of carboxylic acid groups (broad SMARTS) is 1. The lowest BCUT2D eigenvalue weighted by Crippen LogP contribution is -2.20. The molecule has 3 atom stereocenters. The fraction of sp³-hybridized carbons (Fsp3) is 0.615. The summed E-state index contributed by atoms with van der Waals surface area (Å²) in [7, 11) is 0. The first-order chi connectivity index (χ1) is 8.72. The zero-order valence-corrected chi connectivity index (χ0v) is 10.2. The molecule has 3 unspecified atom stereocenters. The third-order valence-corrected chi connectivity index (χ3v) is 4.31. The lowest BCUT2D eigenvalue weighted by molar-refractivity contribution is 0.0689. The van der Waals surface area contributed by atoms with E-state index in [4.69, 9.17) is 5.11 Å². The van der Waals surface area contributed by atoms with Gasteiger partial charge in [-0.1, -0.05) is 6.42 Å². The van der Waals surface area contributed by atoms with Crippen molar-refractivity contribution in [1.29, 1.82) is 0 Å². The molecule has 0 radical (unpaired) electrons. The Morgan fingerprint density at radius 2 is 2.22 bits per heavy atom. The first-order valence-electron chi connectivity index (χ1n) is 6.53. The third kappa shape index (κ3) is 2.17. The predicted molar refractivity (Wildman–Crippen MR) is 66.4 cm³/mol. The van der Waals surface area contributed by atoms with Crippen molar-refractivity contribution in [3.05, 3.63) is 17.8 Å². The minimum Gasteiger partial charge on any atom is -0.476 e. The van der Waals surface area contributed by atoms with Crippen molar-refractivity contribution in [3.63, 3.8) is 0 Å². The minimum absolute atomic E-state index is 0.0135. The third-order valence-electron chi connectivity index (χ3n) is 4.31. The van der Waals surface area contributed by atoms with Crippen LogP contribution < -0.4 is 5.32 Å². The Morgan fingerprint density at radius 1 is 1.33 bits per heavy atom. The van der Waals surface area contributed by atoms with Crippen molar-refractivity contribution in [3.8, 4) is 0 Å². The number of nitrogens with one attached hydrogen (secondary N) is 1. The molecule has 2 N–H and O–H groups in total. The quantitative estimate of drug-likeness (QED) is 0.851. The zero-order chi connectivity index (χ0) is 12.5. The Kier molecular flexibility index (Phi) is 2.89. The Labute approximate surface area is 106 Å². The number of rotatable bonds is 4. The number of carbonyl (C=O) groups is 1. The van der Waals surface area contributed by atoms with Crippen LogP contribution in [0.1, 0.15) is 36.2 Å². The van der Waals surface area contributed by atoms with Crippen LogP contribution >= 0.6 is 0 Å². The maximum absolute atomic E-state index is 10.6. The van der Waals surface area contributed by atoms with E-state index in [-0.39, 0.29) is 5.69 Å². The molecule has 0 amide bonds. The van der Waals surface area contributed by atoms with Crippen molar-refractivity contribution < 1.29 is 9.90 Å². The normalized spacial score (nSPS) is 29.4. The van der Waals surface area contributed by atoms with E-state index >= 15 is 0 Å². The molecule has 5 nitrogen and oxygen atoms in total. The van der Waals surface area contributed by atoms with Gasteiger partial charge in [-0.2, -0.15) is 0 Å². The van der Waals surface area contributed by atoms with Crippen molar-refractivity contribution in [2.45, 2.75) is 25.7 Å². The van der Waals surface area contributed by atoms with E-state index in [0.29, 0.717) is 5.82 Å². The van der Waals surface area contributed by atoms with Crippen LogP contribution in [0.3, 0.4) is 0 Å². The number of carboxylic acids is 1. The summed E-state index contributed by atoms with van der Waals surface area (Å²) in [4.78, 5) is 10.6. The van der Waals surface area contributed by atoms with E-state index in [9.17, 15) is 4.79 Å². The van der Waals surface area contributed by atoms with Gasteiger partial charge in [-0.05, 0) is 49.1 Å². The Bertz CT molecular complexity index is 446. The molecular formula is C13H17N3O2. The van der Waals surface area contributed by atoms with Crippen LogP contribution in [0.25, 0.3) is 0 Å². The fourth-order valence-corrected chi connectivity index (χ4v) is 3.40. The number of hydrogen-bond acceptors (Lipinski definition) is 4. The fourth-order valence-electron chi connectivity index (χ4n) is 3.40. The molecule has 3 rings (SSSR count). The molecule has 2 bridgehead atoms. The van der Waals surface area contributed by atoms with Crippen LogP contribution in [-0.4, -0.2) is 27.8 Å². The molecule has 2 fully saturated rings. The maximum Gasteiger partial charge on any atom is 0.356 e. The van der Waals surface area contributed by atoms with Crippen molar-refractivity contribution in [2.75, 3.05) is 11.9 Å².